The first-order chi connectivity index (χ1) is 10.9. The third kappa shape index (κ3) is 5.94. The lowest BCUT2D eigenvalue weighted by atomic mass is 10.0. The maximum Gasteiger partial charge on any atom is 0.194 e. The van der Waals surface area contributed by atoms with Crippen molar-refractivity contribution in [3.05, 3.63) is 45.5 Å². The predicted molar refractivity (Wildman–Crippen MR) is 110 cm³/mol. The molecule has 5 nitrogen and oxygen atoms in total. The van der Waals surface area contributed by atoms with Gasteiger partial charge in [0.25, 0.3) is 0 Å². The smallest absolute Gasteiger partial charge is 0.194 e. The second kappa shape index (κ2) is 9.65. The Hall–Kier alpha value is -0.770. The molecule has 2 rings (SSSR count). The number of hydrogen-bond acceptors (Lipinski definition) is 4. The van der Waals surface area contributed by atoms with Crippen LogP contribution in [0.25, 0.3) is 0 Å². The van der Waals surface area contributed by atoms with Crippen LogP contribution >= 0.6 is 46.9 Å². The van der Waals surface area contributed by atoms with Gasteiger partial charge in [0.1, 0.15) is 11.4 Å². The molecular weight excluding hydrogens is 461 g/mol. The van der Waals surface area contributed by atoms with E-state index in [4.69, 9.17) is 16.0 Å². The molecule has 0 amide bonds. The molecule has 24 heavy (non-hydrogen) atoms. The Balaban J connectivity index is 0.00000288. The van der Waals surface area contributed by atoms with Crippen LogP contribution in [0.5, 0.6) is 0 Å². The first-order valence-corrected chi connectivity index (χ1v) is 8.62. The number of furan rings is 1. The molecule has 2 aromatic rings. The van der Waals surface area contributed by atoms with Crippen LogP contribution in [0.1, 0.15) is 24.5 Å². The summed E-state index contributed by atoms with van der Waals surface area (Å²) >= 11 is 7.52. The highest BCUT2D eigenvalue weighted by Gasteiger charge is 2.26. The summed E-state index contributed by atoms with van der Waals surface area (Å²) < 4.78 is 6.06. The Bertz CT molecular complexity index is 644. The van der Waals surface area contributed by atoms with E-state index in [0.717, 1.165) is 21.7 Å². The fraction of sp³-hybridized carbons (Fsp3) is 0.438. The summed E-state index contributed by atoms with van der Waals surface area (Å²) in [6.45, 7) is 5.36. The zero-order chi connectivity index (χ0) is 16.9. The first kappa shape index (κ1) is 21.3. The molecule has 8 heteroatoms. The van der Waals surface area contributed by atoms with E-state index in [0.29, 0.717) is 12.3 Å². The van der Waals surface area contributed by atoms with E-state index in [2.05, 4.69) is 10.3 Å². The molecule has 0 aliphatic carbocycles. The number of nitrogens with one attached hydrogen (secondary N) is 1. The van der Waals surface area contributed by atoms with Gasteiger partial charge >= 0.3 is 0 Å². The van der Waals surface area contributed by atoms with Crippen LogP contribution in [0.2, 0.25) is 4.34 Å². The zero-order valence-electron chi connectivity index (χ0n) is 14.0. The summed E-state index contributed by atoms with van der Waals surface area (Å²) in [7, 11) is 1.96. The molecule has 2 N–H and O–H groups in total. The molecule has 1 unspecified atom stereocenters. The van der Waals surface area contributed by atoms with Gasteiger partial charge in [-0.15, -0.1) is 35.3 Å². The first-order valence-electron chi connectivity index (χ1n) is 7.42. The van der Waals surface area contributed by atoms with E-state index >= 15 is 0 Å². The highest BCUT2D eigenvalue weighted by Crippen LogP contribution is 2.23. The number of aliphatic imine (C=N–C) groups is 1. The Labute approximate surface area is 168 Å². The quantitative estimate of drug-likeness (QED) is 0.371. The van der Waals surface area contributed by atoms with Gasteiger partial charge in [-0.2, -0.15) is 0 Å². The summed E-state index contributed by atoms with van der Waals surface area (Å²) in [5, 5.41) is 13.7. The molecule has 0 spiro atoms. The van der Waals surface area contributed by atoms with Crippen LogP contribution in [0, 0.1) is 0 Å². The average molecular weight is 484 g/mol. The summed E-state index contributed by atoms with van der Waals surface area (Å²) in [4.78, 5) is 7.69. The zero-order valence-corrected chi connectivity index (χ0v) is 17.9. The molecule has 0 aliphatic heterocycles. The van der Waals surface area contributed by atoms with Gasteiger partial charge in [-0.3, -0.25) is 0 Å². The summed E-state index contributed by atoms with van der Waals surface area (Å²) in [5.41, 5.74) is -1.14. The van der Waals surface area contributed by atoms with Crippen LogP contribution < -0.4 is 5.32 Å². The van der Waals surface area contributed by atoms with Gasteiger partial charge in [0.15, 0.2) is 5.96 Å². The fourth-order valence-corrected chi connectivity index (χ4v) is 3.25. The van der Waals surface area contributed by atoms with Crippen molar-refractivity contribution in [2.45, 2.75) is 26.0 Å². The highest BCUT2D eigenvalue weighted by molar-refractivity contribution is 14.0. The van der Waals surface area contributed by atoms with E-state index in [-0.39, 0.29) is 30.5 Å². The SMILES string of the molecule is CCNC(=NCC(C)(O)c1ccco1)N(C)Cc1ccc(Cl)s1.I. The minimum absolute atomic E-state index is 0. The van der Waals surface area contributed by atoms with Crippen molar-refractivity contribution in [1.82, 2.24) is 10.2 Å². The maximum atomic E-state index is 10.5. The predicted octanol–water partition coefficient (Wildman–Crippen LogP) is 3.92. The lowest BCUT2D eigenvalue weighted by molar-refractivity contribution is 0.0435. The van der Waals surface area contributed by atoms with Crippen LogP contribution in [-0.2, 0) is 12.1 Å². The van der Waals surface area contributed by atoms with Gasteiger partial charge in [-0.05, 0) is 38.1 Å². The molecular formula is C16H23ClIN3O2S. The monoisotopic (exact) mass is 483 g/mol. The second-order valence-corrected chi connectivity index (χ2v) is 7.28. The van der Waals surface area contributed by atoms with E-state index in [1.807, 2.05) is 31.0 Å². The van der Waals surface area contributed by atoms with E-state index in [1.54, 1.807) is 36.7 Å². The molecule has 0 saturated heterocycles. The molecule has 2 heterocycles. The summed E-state index contributed by atoms with van der Waals surface area (Å²) in [6.07, 6.45) is 1.55. The lowest BCUT2D eigenvalue weighted by Crippen LogP contribution is -2.39. The van der Waals surface area contributed by atoms with E-state index < -0.39 is 5.60 Å². The van der Waals surface area contributed by atoms with Crippen LogP contribution in [0.15, 0.2) is 39.9 Å². The number of nitrogens with zero attached hydrogens (tertiary/aromatic N) is 2. The normalized spacial score (nSPS) is 14.0. The third-order valence-corrected chi connectivity index (χ3v) is 4.52. The maximum absolute atomic E-state index is 10.5. The van der Waals surface area contributed by atoms with Gasteiger partial charge in [0, 0.05) is 18.5 Å². The molecule has 0 aromatic carbocycles. The molecule has 0 bridgehead atoms. The largest absolute Gasteiger partial charge is 0.466 e. The second-order valence-electron chi connectivity index (χ2n) is 5.48. The van der Waals surface area contributed by atoms with Crippen molar-refractivity contribution in [2.75, 3.05) is 20.1 Å². The van der Waals surface area contributed by atoms with Crippen molar-refractivity contribution in [1.29, 1.82) is 0 Å². The Morgan fingerprint density at radius 1 is 1.46 bits per heavy atom. The van der Waals surface area contributed by atoms with Gasteiger partial charge in [0.2, 0.25) is 0 Å². The molecule has 0 aliphatic rings. The Kier molecular flexibility index (Phi) is 8.55. The standard InChI is InChI=1S/C16H22ClN3O2S.HI/c1-4-18-15(20(3)10-12-7-8-14(17)23-12)19-11-16(2,21)13-6-5-9-22-13;/h5-9,21H,4,10-11H2,1-3H3,(H,18,19);1H. The Morgan fingerprint density at radius 3 is 2.75 bits per heavy atom. The van der Waals surface area contributed by atoms with Crippen LogP contribution in [0.4, 0.5) is 0 Å². The number of guanidine groups is 1. The molecule has 0 radical (unpaired) electrons. The van der Waals surface area contributed by atoms with Crippen molar-refractivity contribution >= 4 is 52.9 Å². The van der Waals surface area contributed by atoms with Gasteiger partial charge in [0.05, 0.1) is 23.7 Å². The Morgan fingerprint density at radius 2 is 2.21 bits per heavy atom. The molecule has 2 aromatic heterocycles. The fourth-order valence-electron chi connectivity index (χ4n) is 2.11. The van der Waals surface area contributed by atoms with Crippen LogP contribution in [-0.4, -0.2) is 36.1 Å². The van der Waals surface area contributed by atoms with E-state index in [9.17, 15) is 5.11 Å². The summed E-state index contributed by atoms with van der Waals surface area (Å²) in [6, 6.07) is 7.40. The topological polar surface area (TPSA) is 61.0 Å². The average Bonchev–Trinajstić information content (AvgIpc) is 3.15. The van der Waals surface area contributed by atoms with Crippen LogP contribution in [0.3, 0.4) is 0 Å². The van der Waals surface area contributed by atoms with Crippen molar-refractivity contribution < 1.29 is 9.52 Å². The van der Waals surface area contributed by atoms with Gasteiger partial charge in [-0.1, -0.05) is 11.6 Å². The summed E-state index contributed by atoms with van der Waals surface area (Å²) in [5.74, 6) is 1.23. The van der Waals surface area contributed by atoms with Crippen molar-refractivity contribution in [3.8, 4) is 0 Å². The minimum atomic E-state index is -1.14. The highest BCUT2D eigenvalue weighted by atomic mass is 127. The number of halogens is 2. The number of thiophene rings is 1. The third-order valence-electron chi connectivity index (χ3n) is 3.31. The number of hydrogen-bond donors (Lipinski definition) is 2. The lowest BCUT2D eigenvalue weighted by Gasteiger charge is -2.24. The molecule has 0 saturated carbocycles. The minimum Gasteiger partial charge on any atom is -0.466 e. The van der Waals surface area contributed by atoms with Crippen molar-refractivity contribution in [3.63, 3.8) is 0 Å². The van der Waals surface area contributed by atoms with E-state index in [1.165, 1.54) is 0 Å². The number of aliphatic hydroxyl groups is 1. The number of rotatable bonds is 6. The molecule has 0 fully saturated rings. The van der Waals surface area contributed by atoms with Crippen molar-refractivity contribution in [2.24, 2.45) is 4.99 Å². The molecule has 134 valence electrons. The van der Waals surface area contributed by atoms with Gasteiger partial charge in [-0.25, -0.2) is 4.99 Å². The van der Waals surface area contributed by atoms with Gasteiger partial charge < -0.3 is 19.7 Å². The molecule has 1 atom stereocenters.